The third kappa shape index (κ3) is 5.36. The molecule has 0 saturated carbocycles. The number of rotatable bonds is 11. The highest BCUT2D eigenvalue weighted by atomic mass is 16.5. The molecule has 10 heteroatoms. The highest BCUT2D eigenvalue weighted by Gasteiger charge is 2.10. The molecule has 0 radical (unpaired) electrons. The summed E-state index contributed by atoms with van der Waals surface area (Å²) in [6.45, 7) is 1.60. The Kier molecular flexibility index (Phi) is 7.41. The number of imidazole rings is 1. The van der Waals surface area contributed by atoms with Crippen LogP contribution in [0.2, 0.25) is 0 Å². The van der Waals surface area contributed by atoms with E-state index in [-0.39, 0.29) is 0 Å². The van der Waals surface area contributed by atoms with Crippen LogP contribution in [-0.4, -0.2) is 58.7 Å². The van der Waals surface area contributed by atoms with E-state index in [0.29, 0.717) is 31.3 Å². The summed E-state index contributed by atoms with van der Waals surface area (Å²) >= 11 is 0. The zero-order valence-electron chi connectivity index (χ0n) is 19.0. The second kappa shape index (κ2) is 11.0. The molecule has 1 aromatic carbocycles. The van der Waals surface area contributed by atoms with Crippen molar-refractivity contribution in [1.82, 2.24) is 24.8 Å². The number of fused-ring (bicyclic) bond motifs is 1. The largest absolute Gasteiger partial charge is 0.491 e. The molecule has 10 nitrogen and oxygen atoms in total. The third-order valence-corrected chi connectivity index (χ3v) is 5.06. The van der Waals surface area contributed by atoms with Crippen molar-refractivity contribution in [3.05, 3.63) is 72.3 Å². The molecule has 3 N–H and O–H groups in total. The number of benzene rings is 1. The Bertz CT molecular complexity index is 1280. The molecule has 3 heterocycles. The number of pyridine rings is 1. The fourth-order valence-corrected chi connectivity index (χ4v) is 3.36. The highest BCUT2D eigenvalue weighted by Crippen LogP contribution is 2.23. The lowest BCUT2D eigenvalue weighted by molar-refractivity contribution is 0.146. The molecule has 4 rings (SSSR count). The van der Waals surface area contributed by atoms with E-state index in [1.54, 1.807) is 20.4 Å². The molecule has 0 amide bonds. The standard InChI is InChI=1S/C24H26N8O2/c1-26-31-21(13-25)18-5-3-17(4-6-18)14-27-23-12-20(29-16-30-23)22-15-28-24-11-19(7-8-32(22)24)34-10-9-33-2/h3-8,11-13,15-16,25-26H,9-10,14H2,1-2H3,(H,27,29,30)/b25-13?,31-21+. The Morgan fingerprint density at radius 3 is 2.74 bits per heavy atom. The van der Waals surface area contributed by atoms with E-state index in [1.165, 1.54) is 12.5 Å². The number of hydrogen-bond donors (Lipinski definition) is 3. The quantitative estimate of drug-likeness (QED) is 0.179. The Morgan fingerprint density at radius 2 is 1.97 bits per heavy atom. The predicted molar refractivity (Wildman–Crippen MR) is 132 cm³/mol. The number of aromatic nitrogens is 4. The Labute approximate surface area is 197 Å². The van der Waals surface area contributed by atoms with Crippen molar-refractivity contribution in [3.8, 4) is 17.1 Å². The first kappa shape index (κ1) is 22.9. The highest BCUT2D eigenvalue weighted by molar-refractivity contribution is 6.37. The summed E-state index contributed by atoms with van der Waals surface area (Å²) in [5.74, 6) is 1.45. The van der Waals surface area contributed by atoms with Crippen LogP contribution in [0.3, 0.4) is 0 Å². The first-order valence-electron chi connectivity index (χ1n) is 10.7. The number of anilines is 1. The van der Waals surface area contributed by atoms with Crippen LogP contribution in [0.4, 0.5) is 5.82 Å². The molecule has 0 unspecified atom stereocenters. The first-order chi connectivity index (χ1) is 16.7. The minimum atomic E-state index is 0.483. The molecule has 0 bridgehead atoms. The van der Waals surface area contributed by atoms with Gasteiger partial charge in [0.15, 0.2) is 0 Å². The van der Waals surface area contributed by atoms with Crippen molar-refractivity contribution < 1.29 is 9.47 Å². The van der Waals surface area contributed by atoms with Crippen LogP contribution in [0, 0.1) is 5.41 Å². The topological polar surface area (TPSA) is 122 Å². The van der Waals surface area contributed by atoms with Crippen molar-refractivity contribution in [2.45, 2.75) is 6.54 Å². The van der Waals surface area contributed by atoms with E-state index >= 15 is 0 Å². The van der Waals surface area contributed by atoms with Gasteiger partial charge in [0, 0.05) is 50.8 Å². The third-order valence-electron chi connectivity index (χ3n) is 5.06. The van der Waals surface area contributed by atoms with Gasteiger partial charge in [-0.2, -0.15) is 5.10 Å². The van der Waals surface area contributed by atoms with Gasteiger partial charge < -0.3 is 25.6 Å². The Hall–Kier alpha value is -4.31. The van der Waals surface area contributed by atoms with Gasteiger partial charge in [0.05, 0.1) is 24.2 Å². The van der Waals surface area contributed by atoms with Gasteiger partial charge in [0.25, 0.3) is 0 Å². The van der Waals surface area contributed by atoms with Crippen molar-refractivity contribution in [1.29, 1.82) is 5.41 Å². The summed E-state index contributed by atoms with van der Waals surface area (Å²) in [6.07, 6.45) is 6.46. The minimum Gasteiger partial charge on any atom is -0.491 e. The summed E-state index contributed by atoms with van der Waals surface area (Å²) in [5.41, 5.74) is 7.62. The molecule has 0 spiro atoms. The zero-order valence-corrected chi connectivity index (χ0v) is 19.0. The molecule has 0 saturated heterocycles. The van der Waals surface area contributed by atoms with Crippen molar-refractivity contribution in [2.75, 3.05) is 32.7 Å². The van der Waals surface area contributed by atoms with Crippen LogP contribution >= 0.6 is 0 Å². The van der Waals surface area contributed by atoms with Gasteiger partial charge in [-0.25, -0.2) is 15.0 Å². The lowest BCUT2D eigenvalue weighted by Crippen LogP contribution is -2.08. The SMILES string of the molecule is CN/N=C(\C=N)c1ccc(CNc2cc(-c3cnc4cc(OCCOC)ccn34)ncn2)cc1. The van der Waals surface area contributed by atoms with E-state index in [9.17, 15) is 0 Å². The van der Waals surface area contributed by atoms with Gasteiger partial charge >= 0.3 is 0 Å². The van der Waals surface area contributed by atoms with Crippen LogP contribution in [0.25, 0.3) is 17.0 Å². The molecule has 0 atom stereocenters. The molecule has 3 aromatic heterocycles. The molecule has 0 aliphatic carbocycles. The summed E-state index contributed by atoms with van der Waals surface area (Å²) in [7, 11) is 3.35. The molecule has 0 aliphatic rings. The molecule has 0 aliphatic heterocycles. The van der Waals surface area contributed by atoms with Crippen LogP contribution in [0.1, 0.15) is 11.1 Å². The van der Waals surface area contributed by atoms with E-state index in [4.69, 9.17) is 14.9 Å². The van der Waals surface area contributed by atoms with Gasteiger partial charge in [-0.1, -0.05) is 24.3 Å². The maximum absolute atomic E-state index is 7.48. The molecule has 34 heavy (non-hydrogen) atoms. The summed E-state index contributed by atoms with van der Waals surface area (Å²) in [5, 5.41) is 14.9. The van der Waals surface area contributed by atoms with E-state index in [2.05, 4.69) is 30.8 Å². The average Bonchev–Trinajstić information content (AvgIpc) is 3.30. The average molecular weight is 459 g/mol. The van der Waals surface area contributed by atoms with Crippen LogP contribution < -0.4 is 15.5 Å². The first-order valence-corrected chi connectivity index (χ1v) is 10.7. The molecule has 174 valence electrons. The predicted octanol–water partition coefficient (Wildman–Crippen LogP) is 3.00. The van der Waals surface area contributed by atoms with Crippen LogP contribution in [0.5, 0.6) is 5.75 Å². The smallest absolute Gasteiger partial charge is 0.140 e. The number of nitrogens with one attached hydrogen (secondary N) is 3. The van der Waals surface area contributed by atoms with E-state index < -0.39 is 0 Å². The second-order valence-corrected chi connectivity index (χ2v) is 7.28. The maximum Gasteiger partial charge on any atom is 0.140 e. The van der Waals surface area contributed by atoms with Crippen LogP contribution in [-0.2, 0) is 11.3 Å². The van der Waals surface area contributed by atoms with E-state index in [1.807, 2.05) is 53.1 Å². The molecular weight excluding hydrogens is 432 g/mol. The van der Waals surface area contributed by atoms with Crippen molar-refractivity contribution in [2.24, 2.45) is 5.10 Å². The minimum absolute atomic E-state index is 0.483. The fraction of sp³-hybridized carbons (Fsp3) is 0.208. The maximum atomic E-state index is 7.48. The van der Waals surface area contributed by atoms with Gasteiger partial charge in [-0.15, -0.1) is 0 Å². The lowest BCUT2D eigenvalue weighted by Gasteiger charge is -2.09. The Morgan fingerprint density at radius 1 is 1.12 bits per heavy atom. The van der Waals surface area contributed by atoms with Gasteiger partial charge in [-0.05, 0) is 11.6 Å². The Balaban J connectivity index is 1.45. The summed E-state index contributed by atoms with van der Waals surface area (Å²) in [4.78, 5) is 13.3. The van der Waals surface area contributed by atoms with Gasteiger partial charge in [0.1, 0.15) is 35.9 Å². The van der Waals surface area contributed by atoms with E-state index in [0.717, 1.165) is 33.9 Å². The fourth-order valence-electron chi connectivity index (χ4n) is 3.36. The molecule has 0 fully saturated rings. The van der Waals surface area contributed by atoms with Crippen LogP contribution in [0.15, 0.2) is 66.3 Å². The summed E-state index contributed by atoms with van der Waals surface area (Å²) < 4.78 is 12.6. The number of hydrazone groups is 1. The zero-order chi connectivity index (χ0) is 23.8. The van der Waals surface area contributed by atoms with Crippen molar-refractivity contribution in [3.63, 3.8) is 0 Å². The molecular formula is C24H26N8O2. The number of hydrogen-bond acceptors (Lipinski definition) is 9. The number of nitrogens with zero attached hydrogens (tertiary/aromatic N) is 5. The lowest BCUT2D eigenvalue weighted by atomic mass is 10.1. The molecule has 4 aromatic rings. The number of ether oxygens (including phenoxy) is 2. The monoisotopic (exact) mass is 458 g/mol. The normalized spacial score (nSPS) is 11.4. The van der Waals surface area contributed by atoms with Crippen molar-refractivity contribution >= 4 is 23.4 Å². The summed E-state index contributed by atoms with van der Waals surface area (Å²) in [6, 6.07) is 13.5. The van der Waals surface area contributed by atoms with Gasteiger partial charge in [-0.3, -0.25) is 4.40 Å². The van der Waals surface area contributed by atoms with Gasteiger partial charge in [0.2, 0.25) is 0 Å². The second-order valence-electron chi connectivity index (χ2n) is 7.28. The number of methoxy groups -OCH3 is 1.